The van der Waals surface area contributed by atoms with E-state index < -0.39 is 5.97 Å². The van der Waals surface area contributed by atoms with Gasteiger partial charge in [0.2, 0.25) is 0 Å². The van der Waals surface area contributed by atoms with Gasteiger partial charge >= 0.3 is 12.0 Å². The van der Waals surface area contributed by atoms with Gasteiger partial charge in [-0.15, -0.1) is 0 Å². The number of aliphatic carboxylic acids is 1. The Hall–Kier alpha value is -2.56. The molecule has 0 atom stereocenters. The lowest BCUT2D eigenvalue weighted by Crippen LogP contribution is -2.29. The number of carbonyl (C=O) groups excluding carboxylic acids is 1. The van der Waals surface area contributed by atoms with Gasteiger partial charge in [-0.2, -0.15) is 0 Å². The lowest BCUT2D eigenvalue weighted by molar-refractivity contribution is -0.137. The Kier molecular flexibility index (Phi) is 4.55. The fourth-order valence-electron chi connectivity index (χ4n) is 1.88. The molecule has 2 aromatic rings. The van der Waals surface area contributed by atoms with E-state index in [2.05, 4.69) is 10.6 Å². The highest BCUT2D eigenvalue weighted by atomic mass is 16.4. The summed E-state index contributed by atoms with van der Waals surface area (Å²) in [5.41, 5.74) is 0.708. The third-order valence-electron chi connectivity index (χ3n) is 2.86. The number of hydrogen-bond acceptors (Lipinski definition) is 2. The molecule has 0 saturated heterocycles. The maximum absolute atomic E-state index is 11.6. The van der Waals surface area contributed by atoms with Crippen LogP contribution in [0.3, 0.4) is 0 Å². The number of fused-ring (bicyclic) bond motifs is 1. The van der Waals surface area contributed by atoms with Crippen molar-refractivity contribution in [1.29, 1.82) is 0 Å². The molecule has 0 aliphatic heterocycles. The number of hydrogen-bond donors (Lipinski definition) is 3. The molecule has 0 spiro atoms. The summed E-state index contributed by atoms with van der Waals surface area (Å²) in [6.45, 7) is 0.339. The summed E-state index contributed by atoms with van der Waals surface area (Å²) in [4.78, 5) is 22.0. The molecule has 2 rings (SSSR count). The van der Waals surface area contributed by atoms with Gasteiger partial charge in [-0.3, -0.25) is 4.79 Å². The summed E-state index contributed by atoms with van der Waals surface area (Å²) >= 11 is 0. The van der Waals surface area contributed by atoms with Crippen LogP contribution in [0.4, 0.5) is 10.5 Å². The van der Waals surface area contributed by atoms with Crippen LogP contribution in [0.2, 0.25) is 0 Å². The molecule has 0 radical (unpaired) electrons. The Balaban J connectivity index is 1.88. The molecule has 0 aliphatic rings. The predicted octanol–water partition coefficient (Wildman–Crippen LogP) is 2.83. The van der Waals surface area contributed by atoms with Crippen molar-refractivity contribution >= 4 is 28.5 Å². The second kappa shape index (κ2) is 6.56. The topological polar surface area (TPSA) is 78.4 Å². The van der Waals surface area contributed by atoms with Gasteiger partial charge in [0.15, 0.2) is 0 Å². The first-order valence-electron chi connectivity index (χ1n) is 6.40. The van der Waals surface area contributed by atoms with E-state index in [0.29, 0.717) is 18.7 Å². The van der Waals surface area contributed by atoms with Crippen LogP contribution >= 0.6 is 0 Å². The zero-order valence-electron chi connectivity index (χ0n) is 10.9. The smallest absolute Gasteiger partial charge is 0.319 e. The van der Waals surface area contributed by atoms with Crippen LogP contribution in [0.5, 0.6) is 0 Å². The molecule has 0 bridgehead atoms. The highest BCUT2D eigenvalue weighted by Crippen LogP contribution is 2.18. The molecule has 2 amide bonds. The van der Waals surface area contributed by atoms with Gasteiger partial charge in [0, 0.05) is 18.7 Å². The average molecular weight is 272 g/mol. The van der Waals surface area contributed by atoms with Crippen molar-refractivity contribution in [3.63, 3.8) is 0 Å². The number of anilines is 1. The zero-order valence-corrected chi connectivity index (χ0v) is 10.9. The standard InChI is InChI=1S/C15H16N2O3/c18-14(19)6-3-9-16-15(20)17-13-8-7-11-4-1-2-5-12(11)10-13/h1-2,4-5,7-8,10H,3,6,9H2,(H,18,19)(H2,16,17,20). The summed E-state index contributed by atoms with van der Waals surface area (Å²) < 4.78 is 0. The van der Waals surface area contributed by atoms with Crippen molar-refractivity contribution in [2.24, 2.45) is 0 Å². The van der Waals surface area contributed by atoms with Crippen LogP contribution in [0.15, 0.2) is 42.5 Å². The molecule has 0 aromatic heterocycles. The first-order chi connectivity index (χ1) is 9.65. The number of carboxylic acids is 1. The fourth-order valence-corrected chi connectivity index (χ4v) is 1.88. The highest BCUT2D eigenvalue weighted by Gasteiger charge is 2.03. The summed E-state index contributed by atoms with van der Waals surface area (Å²) in [7, 11) is 0. The molecule has 104 valence electrons. The van der Waals surface area contributed by atoms with Gasteiger partial charge in [0.25, 0.3) is 0 Å². The molecule has 0 fully saturated rings. The van der Waals surface area contributed by atoms with E-state index in [-0.39, 0.29) is 12.5 Å². The number of benzene rings is 2. The van der Waals surface area contributed by atoms with Crippen molar-refractivity contribution in [2.45, 2.75) is 12.8 Å². The molecule has 5 nitrogen and oxygen atoms in total. The van der Waals surface area contributed by atoms with Crippen molar-refractivity contribution in [3.05, 3.63) is 42.5 Å². The number of urea groups is 1. The molecule has 3 N–H and O–H groups in total. The molecule has 20 heavy (non-hydrogen) atoms. The van der Waals surface area contributed by atoms with E-state index in [0.717, 1.165) is 10.8 Å². The molecule has 2 aromatic carbocycles. The number of carbonyl (C=O) groups is 2. The molecule has 0 aliphatic carbocycles. The SMILES string of the molecule is O=C(O)CCCNC(=O)Nc1ccc2ccccc2c1. The first kappa shape index (κ1) is 13.9. The lowest BCUT2D eigenvalue weighted by atomic mass is 10.1. The summed E-state index contributed by atoms with van der Waals surface area (Å²) in [5.74, 6) is -0.860. The third-order valence-corrected chi connectivity index (χ3v) is 2.86. The van der Waals surface area contributed by atoms with Crippen LogP contribution in [0.25, 0.3) is 10.8 Å². The Morgan fingerprint density at radius 1 is 1.05 bits per heavy atom. The van der Waals surface area contributed by atoms with Gasteiger partial charge < -0.3 is 15.7 Å². The Morgan fingerprint density at radius 3 is 2.55 bits per heavy atom. The second-order valence-corrected chi connectivity index (χ2v) is 4.44. The van der Waals surface area contributed by atoms with E-state index in [4.69, 9.17) is 5.11 Å². The Bertz CT molecular complexity index is 625. The van der Waals surface area contributed by atoms with Crippen LogP contribution in [-0.2, 0) is 4.79 Å². The first-order valence-corrected chi connectivity index (χ1v) is 6.40. The average Bonchev–Trinajstić information content (AvgIpc) is 2.43. The molecule has 0 unspecified atom stereocenters. The van der Waals surface area contributed by atoms with Crippen molar-refractivity contribution in [3.8, 4) is 0 Å². The van der Waals surface area contributed by atoms with Crippen LogP contribution in [0, 0.1) is 0 Å². The summed E-state index contributed by atoms with van der Waals surface area (Å²) in [6.07, 6.45) is 0.469. The number of carboxylic acid groups (broad SMARTS) is 1. The normalized spacial score (nSPS) is 10.2. The van der Waals surface area contributed by atoms with E-state index in [1.165, 1.54) is 0 Å². The highest BCUT2D eigenvalue weighted by molar-refractivity contribution is 5.93. The largest absolute Gasteiger partial charge is 0.481 e. The molecular formula is C15H16N2O3. The number of nitrogens with one attached hydrogen (secondary N) is 2. The monoisotopic (exact) mass is 272 g/mol. The maximum Gasteiger partial charge on any atom is 0.319 e. The van der Waals surface area contributed by atoms with E-state index in [1.807, 2.05) is 42.5 Å². The fraction of sp³-hybridized carbons (Fsp3) is 0.200. The predicted molar refractivity (Wildman–Crippen MR) is 77.8 cm³/mol. The van der Waals surface area contributed by atoms with Gasteiger partial charge in [-0.25, -0.2) is 4.79 Å². The van der Waals surface area contributed by atoms with Crippen LogP contribution < -0.4 is 10.6 Å². The van der Waals surface area contributed by atoms with Crippen molar-refractivity contribution in [2.75, 3.05) is 11.9 Å². The Labute approximate surface area is 116 Å². The van der Waals surface area contributed by atoms with E-state index >= 15 is 0 Å². The van der Waals surface area contributed by atoms with E-state index in [1.54, 1.807) is 0 Å². The van der Waals surface area contributed by atoms with Crippen molar-refractivity contribution < 1.29 is 14.7 Å². The number of rotatable bonds is 5. The van der Waals surface area contributed by atoms with Gasteiger partial charge in [0.05, 0.1) is 0 Å². The Morgan fingerprint density at radius 2 is 1.80 bits per heavy atom. The van der Waals surface area contributed by atoms with Crippen LogP contribution in [-0.4, -0.2) is 23.7 Å². The lowest BCUT2D eigenvalue weighted by Gasteiger charge is -2.08. The summed E-state index contributed by atoms with van der Waals surface area (Å²) in [6, 6.07) is 13.2. The van der Waals surface area contributed by atoms with Crippen LogP contribution in [0.1, 0.15) is 12.8 Å². The minimum atomic E-state index is -0.860. The molecular weight excluding hydrogens is 256 g/mol. The van der Waals surface area contributed by atoms with E-state index in [9.17, 15) is 9.59 Å². The minimum Gasteiger partial charge on any atom is -0.481 e. The summed E-state index contributed by atoms with van der Waals surface area (Å²) in [5, 5.41) is 16.0. The zero-order chi connectivity index (χ0) is 14.4. The van der Waals surface area contributed by atoms with Crippen molar-refractivity contribution in [1.82, 2.24) is 5.32 Å². The minimum absolute atomic E-state index is 0.0518. The second-order valence-electron chi connectivity index (χ2n) is 4.44. The third kappa shape index (κ3) is 3.98. The van der Waals surface area contributed by atoms with Gasteiger partial charge in [0.1, 0.15) is 0 Å². The van der Waals surface area contributed by atoms with Gasteiger partial charge in [-0.1, -0.05) is 30.3 Å². The molecule has 5 heteroatoms. The quantitative estimate of drug-likeness (QED) is 0.732. The number of amides is 2. The molecule has 0 heterocycles. The maximum atomic E-state index is 11.6. The van der Waals surface area contributed by atoms with Gasteiger partial charge in [-0.05, 0) is 29.3 Å². The molecule has 0 saturated carbocycles.